The minimum absolute atomic E-state index is 0.0169. The van der Waals surface area contributed by atoms with Crippen LogP contribution in [0.4, 0.5) is 0 Å². The normalized spacial score (nSPS) is 17.6. The van der Waals surface area contributed by atoms with E-state index in [0.29, 0.717) is 29.1 Å². The third-order valence-electron chi connectivity index (χ3n) is 5.69. The lowest BCUT2D eigenvalue weighted by molar-refractivity contribution is -0.137. The van der Waals surface area contributed by atoms with Gasteiger partial charge in [0.25, 0.3) is 5.91 Å². The first kappa shape index (κ1) is 19.2. The van der Waals surface area contributed by atoms with Crippen molar-refractivity contribution in [3.05, 3.63) is 88.5 Å². The van der Waals surface area contributed by atoms with Gasteiger partial charge >= 0.3 is 0 Å². The number of nitriles is 1. The number of halogens is 1. The number of hydrogen-bond acceptors (Lipinski definition) is 3. The first-order chi connectivity index (χ1) is 14.1. The van der Waals surface area contributed by atoms with Gasteiger partial charge < -0.3 is 9.47 Å². The van der Waals surface area contributed by atoms with Crippen LogP contribution in [0, 0.1) is 11.3 Å². The number of rotatable bonds is 5. The number of aromatic nitrogens is 2. The Labute approximate surface area is 175 Å². The van der Waals surface area contributed by atoms with E-state index in [9.17, 15) is 10.1 Å². The zero-order valence-electron chi connectivity index (χ0n) is 16.2. The van der Waals surface area contributed by atoms with Crippen LogP contribution in [0.1, 0.15) is 28.8 Å². The van der Waals surface area contributed by atoms with Crippen molar-refractivity contribution in [2.45, 2.75) is 24.8 Å². The van der Waals surface area contributed by atoms with Crippen LogP contribution in [-0.4, -0.2) is 34.0 Å². The standard InChI is InChI=1S/C23H21ClN4O/c1-27(12-10-17-5-3-2-4-6-17)22(29)23(11-9-19-15-26-16-28(19)23)20-8-7-18(14-25)13-21(20)24/h2-8,13,15-16H,9-12H2,1H3. The summed E-state index contributed by atoms with van der Waals surface area (Å²) in [6.07, 6.45) is 5.65. The molecule has 0 saturated heterocycles. The number of nitrogens with zero attached hydrogens (tertiary/aromatic N) is 4. The summed E-state index contributed by atoms with van der Waals surface area (Å²) in [7, 11) is 1.83. The van der Waals surface area contributed by atoms with Gasteiger partial charge in [0.05, 0.1) is 18.0 Å². The van der Waals surface area contributed by atoms with Crippen molar-refractivity contribution in [3.8, 4) is 6.07 Å². The molecule has 146 valence electrons. The predicted molar refractivity (Wildman–Crippen MR) is 112 cm³/mol. The van der Waals surface area contributed by atoms with Crippen LogP contribution in [0.3, 0.4) is 0 Å². The van der Waals surface area contributed by atoms with Gasteiger partial charge in [-0.1, -0.05) is 48.0 Å². The molecule has 6 heteroatoms. The van der Waals surface area contributed by atoms with Gasteiger partial charge in [-0.05, 0) is 37.0 Å². The largest absolute Gasteiger partial charge is 0.343 e. The topological polar surface area (TPSA) is 61.9 Å². The van der Waals surface area contributed by atoms with Crippen molar-refractivity contribution in [3.63, 3.8) is 0 Å². The number of amides is 1. The molecule has 0 aliphatic carbocycles. The van der Waals surface area contributed by atoms with Gasteiger partial charge in [-0.3, -0.25) is 4.79 Å². The van der Waals surface area contributed by atoms with E-state index in [1.807, 2.05) is 29.8 Å². The molecule has 29 heavy (non-hydrogen) atoms. The maximum atomic E-state index is 13.8. The van der Waals surface area contributed by atoms with Crippen molar-refractivity contribution in [1.82, 2.24) is 14.5 Å². The van der Waals surface area contributed by atoms with Gasteiger partial charge in [0.15, 0.2) is 5.54 Å². The Hall–Kier alpha value is -3.10. The number of likely N-dealkylation sites (N-methyl/N-ethyl adjacent to an activating group) is 1. The van der Waals surface area contributed by atoms with E-state index in [1.54, 1.807) is 35.6 Å². The van der Waals surface area contributed by atoms with Crippen molar-refractivity contribution < 1.29 is 4.79 Å². The van der Waals surface area contributed by atoms with Crippen LogP contribution < -0.4 is 0 Å². The molecule has 3 aromatic rings. The molecule has 0 spiro atoms. The molecule has 0 fully saturated rings. The fourth-order valence-electron chi connectivity index (χ4n) is 4.15. The fourth-order valence-corrected chi connectivity index (χ4v) is 4.49. The lowest BCUT2D eigenvalue weighted by Gasteiger charge is -2.35. The van der Waals surface area contributed by atoms with E-state index in [-0.39, 0.29) is 5.91 Å². The van der Waals surface area contributed by atoms with Gasteiger partial charge in [0.1, 0.15) is 0 Å². The van der Waals surface area contributed by atoms with E-state index in [0.717, 1.165) is 18.5 Å². The van der Waals surface area contributed by atoms with E-state index in [1.165, 1.54) is 5.56 Å². The van der Waals surface area contributed by atoms with Crippen LogP contribution >= 0.6 is 11.6 Å². The Morgan fingerprint density at radius 3 is 2.83 bits per heavy atom. The summed E-state index contributed by atoms with van der Waals surface area (Å²) in [6.45, 7) is 0.600. The first-order valence-corrected chi connectivity index (χ1v) is 9.95. The number of carbonyl (C=O) groups excluding carboxylic acids is 1. The van der Waals surface area contributed by atoms with Crippen molar-refractivity contribution in [2.75, 3.05) is 13.6 Å². The highest BCUT2D eigenvalue weighted by molar-refractivity contribution is 6.32. The highest BCUT2D eigenvalue weighted by Crippen LogP contribution is 2.42. The Balaban J connectivity index is 1.71. The lowest BCUT2D eigenvalue weighted by Crippen LogP contribution is -2.49. The third-order valence-corrected chi connectivity index (χ3v) is 6.00. The second-order valence-corrected chi connectivity index (χ2v) is 7.79. The highest BCUT2D eigenvalue weighted by atomic mass is 35.5. The predicted octanol–water partition coefficient (Wildman–Crippen LogP) is 3.80. The zero-order chi connectivity index (χ0) is 20.4. The first-order valence-electron chi connectivity index (χ1n) is 9.57. The second-order valence-electron chi connectivity index (χ2n) is 7.38. The molecular weight excluding hydrogens is 384 g/mol. The van der Waals surface area contributed by atoms with Crippen LogP contribution in [0.15, 0.2) is 61.1 Å². The summed E-state index contributed by atoms with van der Waals surface area (Å²) < 4.78 is 1.95. The Morgan fingerprint density at radius 2 is 2.10 bits per heavy atom. The maximum absolute atomic E-state index is 13.8. The smallest absolute Gasteiger partial charge is 0.253 e. The number of aryl methyl sites for hydroxylation is 1. The molecule has 1 aromatic heterocycles. The number of fused-ring (bicyclic) bond motifs is 1. The summed E-state index contributed by atoms with van der Waals surface area (Å²) >= 11 is 6.58. The molecule has 0 bridgehead atoms. The van der Waals surface area contributed by atoms with Crippen LogP contribution in [0.2, 0.25) is 5.02 Å². The molecule has 0 N–H and O–H groups in total. The molecule has 4 rings (SSSR count). The number of hydrogen-bond donors (Lipinski definition) is 0. The summed E-state index contributed by atoms with van der Waals surface area (Å²) in [5.41, 5.74) is 2.44. The molecule has 0 radical (unpaired) electrons. The van der Waals surface area contributed by atoms with Crippen LogP contribution in [-0.2, 0) is 23.2 Å². The van der Waals surface area contributed by atoms with Crippen LogP contribution in [0.5, 0.6) is 0 Å². The van der Waals surface area contributed by atoms with Gasteiger partial charge in [-0.2, -0.15) is 5.26 Å². The van der Waals surface area contributed by atoms with Gasteiger partial charge in [0.2, 0.25) is 0 Å². The van der Waals surface area contributed by atoms with E-state index >= 15 is 0 Å². The minimum Gasteiger partial charge on any atom is -0.343 e. The van der Waals surface area contributed by atoms with Gasteiger partial charge in [-0.25, -0.2) is 4.98 Å². The average Bonchev–Trinajstić information content (AvgIpc) is 3.35. The van der Waals surface area contributed by atoms with Crippen molar-refractivity contribution >= 4 is 17.5 Å². The average molecular weight is 405 g/mol. The molecule has 1 unspecified atom stereocenters. The van der Waals surface area contributed by atoms with E-state index < -0.39 is 5.54 Å². The molecule has 5 nitrogen and oxygen atoms in total. The molecule has 1 amide bonds. The summed E-state index contributed by atoms with van der Waals surface area (Å²) in [4.78, 5) is 19.8. The zero-order valence-corrected chi connectivity index (χ0v) is 16.9. The second kappa shape index (κ2) is 7.73. The number of carbonyl (C=O) groups is 1. The van der Waals surface area contributed by atoms with E-state index in [4.69, 9.17) is 11.6 Å². The summed E-state index contributed by atoms with van der Waals surface area (Å²) in [6, 6.07) is 17.4. The van der Waals surface area contributed by atoms with E-state index in [2.05, 4.69) is 23.2 Å². The number of imidazole rings is 1. The fraction of sp³-hybridized carbons (Fsp3) is 0.261. The van der Waals surface area contributed by atoms with Gasteiger partial charge in [0, 0.05) is 36.1 Å². The molecule has 1 aliphatic heterocycles. The van der Waals surface area contributed by atoms with Crippen molar-refractivity contribution in [2.24, 2.45) is 0 Å². The third kappa shape index (κ3) is 3.30. The molecule has 1 atom stereocenters. The molecule has 2 aromatic carbocycles. The minimum atomic E-state index is -0.942. The number of benzene rings is 2. The highest BCUT2D eigenvalue weighted by Gasteiger charge is 2.49. The van der Waals surface area contributed by atoms with Gasteiger partial charge in [-0.15, -0.1) is 0 Å². The Kier molecular flexibility index (Phi) is 5.12. The lowest BCUT2D eigenvalue weighted by atomic mass is 9.85. The Bertz CT molecular complexity index is 1090. The summed E-state index contributed by atoms with van der Waals surface area (Å²) in [5, 5.41) is 9.61. The summed E-state index contributed by atoms with van der Waals surface area (Å²) in [5.74, 6) is -0.0169. The monoisotopic (exact) mass is 404 g/mol. The Morgan fingerprint density at radius 1 is 1.31 bits per heavy atom. The molecular formula is C23H21ClN4O. The molecule has 1 aliphatic rings. The maximum Gasteiger partial charge on any atom is 0.253 e. The molecule has 0 saturated carbocycles. The van der Waals surface area contributed by atoms with Crippen LogP contribution in [0.25, 0.3) is 0 Å². The molecule has 2 heterocycles. The SMILES string of the molecule is CN(CCc1ccccc1)C(=O)C1(c2ccc(C#N)cc2Cl)CCc2cncn21. The quantitative estimate of drug-likeness (QED) is 0.649. The van der Waals surface area contributed by atoms with Crippen molar-refractivity contribution in [1.29, 1.82) is 5.26 Å².